The van der Waals surface area contributed by atoms with E-state index in [2.05, 4.69) is 13.0 Å². The molecule has 2 heteroatoms. The third kappa shape index (κ3) is 2.49. The Morgan fingerprint density at radius 3 is 2.36 bits per heavy atom. The standard InChI is InChI=1S/C12H14ClN/c1-3-10(8-14)9(2)11-4-6-12(13)7-5-11/h4-7,9-10H,3H2,1-2H3. The molecule has 0 aliphatic rings. The van der Waals surface area contributed by atoms with E-state index >= 15 is 0 Å². The van der Waals surface area contributed by atoms with Crippen molar-refractivity contribution >= 4 is 11.6 Å². The molecule has 1 rings (SSSR count). The van der Waals surface area contributed by atoms with Crippen LogP contribution >= 0.6 is 11.6 Å². The van der Waals surface area contributed by atoms with Gasteiger partial charge in [0.05, 0.1) is 12.0 Å². The molecule has 0 fully saturated rings. The van der Waals surface area contributed by atoms with Crippen molar-refractivity contribution in [3.8, 4) is 6.07 Å². The van der Waals surface area contributed by atoms with Crippen LogP contribution in [0.3, 0.4) is 0 Å². The smallest absolute Gasteiger partial charge is 0.0661 e. The summed E-state index contributed by atoms with van der Waals surface area (Å²) in [6, 6.07) is 10.1. The topological polar surface area (TPSA) is 23.8 Å². The number of halogens is 1. The van der Waals surface area contributed by atoms with Gasteiger partial charge in [-0.25, -0.2) is 0 Å². The molecule has 0 heterocycles. The Morgan fingerprint density at radius 2 is 1.93 bits per heavy atom. The van der Waals surface area contributed by atoms with E-state index in [1.165, 1.54) is 5.56 Å². The summed E-state index contributed by atoms with van der Waals surface area (Å²) < 4.78 is 0. The molecular weight excluding hydrogens is 194 g/mol. The summed E-state index contributed by atoms with van der Waals surface area (Å²) in [5, 5.41) is 9.68. The second-order valence-electron chi connectivity index (χ2n) is 3.48. The van der Waals surface area contributed by atoms with E-state index in [1.54, 1.807) is 0 Å². The summed E-state index contributed by atoms with van der Waals surface area (Å²) >= 11 is 5.80. The predicted octanol–water partition coefficient (Wildman–Crippen LogP) is 3.99. The van der Waals surface area contributed by atoms with E-state index in [0.717, 1.165) is 11.4 Å². The van der Waals surface area contributed by atoms with Crippen LogP contribution in [0, 0.1) is 17.2 Å². The molecule has 0 saturated heterocycles. The minimum Gasteiger partial charge on any atom is -0.198 e. The van der Waals surface area contributed by atoms with Gasteiger partial charge in [-0.1, -0.05) is 37.6 Å². The molecule has 1 aromatic rings. The summed E-state index contributed by atoms with van der Waals surface area (Å²) in [5.74, 6) is 0.374. The van der Waals surface area contributed by atoms with Gasteiger partial charge < -0.3 is 0 Å². The first-order chi connectivity index (χ1) is 6.69. The number of nitrogens with zero attached hydrogens (tertiary/aromatic N) is 1. The Morgan fingerprint density at radius 1 is 1.36 bits per heavy atom. The normalized spacial score (nSPS) is 14.4. The molecule has 0 aliphatic heterocycles. The molecule has 0 aliphatic carbocycles. The highest BCUT2D eigenvalue weighted by Crippen LogP contribution is 2.26. The maximum Gasteiger partial charge on any atom is 0.0661 e. The Hall–Kier alpha value is -1.00. The van der Waals surface area contributed by atoms with Crippen molar-refractivity contribution in [1.82, 2.24) is 0 Å². The van der Waals surface area contributed by atoms with Crippen LogP contribution in [-0.2, 0) is 0 Å². The molecule has 1 nitrogen and oxygen atoms in total. The van der Waals surface area contributed by atoms with Gasteiger partial charge in [0, 0.05) is 5.02 Å². The maximum absolute atomic E-state index is 8.94. The molecule has 0 amide bonds. The van der Waals surface area contributed by atoms with Crippen LogP contribution in [0.15, 0.2) is 24.3 Å². The molecule has 0 bridgehead atoms. The van der Waals surface area contributed by atoms with Crippen molar-refractivity contribution < 1.29 is 0 Å². The van der Waals surface area contributed by atoms with E-state index in [-0.39, 0.29) is 11.8 Å². The van der Waals surface area contributed by atoms with Crippen LogP contribution in [0.4, 0.5) is 0 Å². The number of rotatable bonds is 3. The summed E-state index contributed by atoms with van der Waals surface area (Å²) in [5.41, 5.74) is 1.18. The summed E-state index contributed by atoms with van der Waals surface area (Å²) in [6.07, 6.45) is 0.889. The van der Waals surface area contributed by atoms with E-state index in [0.29, 0.717) is 0 Å². The fraction of sp³-hybridized carbons (Fsp3) is 0.417. The summed E-state index contributed by atoms with van der Waals surface area (Å²) in [4.78, 5) is 0. The SMILES string of the molecule is CCC(C#N)C(C)c1ccc(Cl)cc1. The van der Waals surface area contributed by atoms with E-state index in [9.17, 15) is 0 Å². The van der Waals surface area contributed by atoms with Crippen molar-refractivity contribution in [2.75, 3.05) is 0 Å². The Kier molecular flexibility index (Phi) is 3.98. The van der Waals surface area contributed by atoms with Gasteiger partial charge in [0.15, 0.2) is 0 Å². The first-order valence-corrected chi connectivity index (χ1v) is 5.22. The molecule has 1 aromatic carbocycles. The molecule has 0 radical (unpaired) electrons. The van der Waals surface area contributed by atoms with Crippen LogP contribution < -0.4 is 0 Å². The second-order valence-corrected chi connectivity index (χ2v) is 3.92. The molecule has 14 heavy (non-hydrogen) atoms. The van der Waals surface area contributed by atoms with Gasteiger partial charge in [0.25, 0.3) is 0 Å². The molecule has 2 atom stereocenters. The lowest BCUT2D eigenvalue weighted by Crippen LogP contribution is -2.06. The maximum atomic E-state index is 8.94. The lowest BCUT2D eigenvalue weighted by atomic mass is 9.87. The molecule has 0 spiro atoms. The van der Waals surface area contributed by atoms with Gasteiger partial charge in [-0.3, -0.25) is 0 Å². The monoisotopic (exact) mass is 207 g/mol. The van der Waals surface area contributed by atoms with Gasteiger partial charge in [-0.2, -0.15) is 5.26 Å². The zero-order chi connectivity index (χ0) is 10.6. The van der Waals surface area contributed by atoms with E-state index < -0.39 is 0 Å². The zero-order valence-corrected chi connectivity index (χ0v) is 9.25. The van der Waals surface area contributed by atoms with Gasteiger partial charge in [0.1, 0.15) is 0 Å². The second kappa shape index (κ2) is 5.02. The fourth-order valence-corrected chi connectivity index (χ4v) is 1.68. The molecule has 2 unspecified atom stereocenters. The predicted molar refractivity (Wildman–Crippen MR) is 59.3 cm³/mol. The van der Waals surface area contributed by atoms with Gasteiger partial charge >= 0.3 is 0 Å². The number of nitriles is 1. The van der Waals surface area contributed by atoms with Gasteiger partial charge in [-0.15, -0.1) is 0 Å². The number of hydrogen-bond acceptors (Lipinski definition) is 1. The summed E-state index contributed by atoms with van der Waals surface area (Å²) in [7, 11) is 0. The third-order valence-electron chi connectivity index (χ3n) is 2.60. The van der Waals surface area contributed by atoms with E-state index in [4.69, 9.17) is 16.9 Å². The molecular formula is C12H14ClN. The lowest BCUT2D eigenvalue weighted by Gasteiger charge is -2.16. The fourth-order valence-electron chi connectivity index (χ4n) is 1.56. The molecule has 0 N–H and O–H groups in total. The van der Waals surface area contributed by atoms with Crippen LogP contribution in [0.5, 0.6) is 0 Å². The van der Waals surface area contributed by atoms with Gasteiger partial charge in [0.2, 0.25) is 0 Å². The molecule has 0 aromatic heterocycles. The van der Waals surface area contributed by atoms with Crippen molar-refractivity contribution in [1.29, 1.82) is 5.26 Å². The first kappa shape index (κ1) is 11.1. The van der Waals surface area contributed by atoms with Crippen molar-refractivity contribution in [3.63, 3.8) is 0 Å². The highest BCUT2D eigenvalue weighted by atomic mass is 35.5. The average Bonchev–Trinajstić information content (AvgIpc) is 2.20. The minimum atomic E-state index is 0.0937. The van der Waals surface area contributed by atoms with Crippen LogP contribution in [-0.4, -0.2) is 0 Å². The zero-order valence-electron chi connectivity index (χ0n) is 8.50. The number of hydrogen-bond donors (Lipinski definition) is 0. The summed E-state index contributed by atoms with van der Waals surface area (Å²) in [6.45, 7) is 4.13. The van der Waals surface area contributed by atoms with Crippen molar-refractivity contribution in [2.45, 2.75) is 26.2 Å². The molecule has 74 valence electrons. The number of benzene rings is 1. The highest BCUT2D eigenvalue weighted by Gasteiger charge is 2.16. The molecule has 0 saturated carbocycles. The lowest BCUT2D eigenvalue weighted by molar-refractivity contribution is 0.537. The largest absolute Gasteiger partial charge is 0.198 e. The quantitative estimate of drug-likeness (QED) is 0.735. The Balaban J connectivity index is 2.84. The van der Waals surface area contributed by atoms with Crippen LogP contribution in [0.25, 0.3) is 0 Å². The average molecular weight is 208 g/mol. The minimum absolute atomic E-state index is 0.0937. The first-order valence-electron chi connectivity index (χ1n) is 4.84. The van der Waals surface area contributed by atoms with Crippen LogP contribution in [0.2, 0.25) is 5.02 Å². The Labute approximate surface area is 90.3 Å². The van der Waals surface area contributed by atoms with Crippen molar-refractivity contribution in [3.05, 3.63) is 34.9 Å². The van der Waals surface area contributed by atoms with Crippen molar-refractivity contribution in [2.24, 2.45) is 5.92 Å². The van der Waals surface area contributed by atoms with Gasteiger partial charge in [-0.05, 0) is 30.0 Å². The third-order valence-corrected chi connectivity index (χ3v) is 2.86. The van der Waals surface area contributed by atoms with E-state index in [1.807, 2.05) is 31.2 Å². The van der Waals surface area contributed by atoms with Crippen LogP contribution in [0.1, 0.15) is 31.7 Å². The highest BCUT2D eigenvalue weighted by molar-refractivity contribution is 6.30. The Bertz CT molecular complexity index is 323.